The Labute approximate surface area is 168 Å². The van der Waals surface area contributed by atoms with Gasteiger partial charge in [-0.25, -0.2) is 8.42 Å². The monoisotopic (exact) mass is 425 g/mol. The van der Waals surface area contributed by atoms with Crippen molar-refractivity contribution in [2.75, 3.05) is 26.2 Å². The van der Waals surface area contributed by atoms with Crippen LogP contribution in [-0.2, 0) is 14.8 Å². The molecule has 1 atom stereocenters. The van der Waals surface area contributed by atoms with Crippen LogP contribution < -0.4 is 10.6 Å². The number of furan rings is 1. The molecule has 8 nitrogen and oxygen atoms in total. The van der Waals surface area contributed by atoms with Crippen LogP contribution in [0.15, 0.2) is 39.2 Å². The molecule has 1 aliphatic heterocycles. The molecule has 0 radical (unpaired) electrons. The van der Waals surface area contributed by atoms with E-state index in [2.05, 4.69) is 10.6 Å². The van der Waals surface area contributed by atoms with E-state index in [-0.39, 0.29) is 37.2 Å². The van der Waals surface area contributed by atoms with Crippen molar-refractivity contribution in [3.8, 4) is 0 Å². The second kappa shape index (κ2) is 8.89. The highest BCUT2D eigenvalue weighted by Gasteiger charge is 2.33. The molecule has 0 aliphatic carbocycles. The van der Waals surface area contributed by atoms with E-state index in [0.717, 1.165) is 4.88 Å². The summed E-state index contributed by atoms with van der Waals surface area (Å²) in [5.41, 5.74) is 0. The molecule has 0 spiro atoms. The molecule has 2 aromatic rings. The number of nitrogens with one attached hydrogen (secondary N) is 2. The molecule has 1 aliphatic rings. The van der Waals surface area contributed by atoms with Crippen LogP contribution in [0, 0.1) is 12.8 Å². The quantitative estimate of drug-likeness (QED) is 0.655. The van der Waals surface area contributed by atoms with Gasteiger partial charge in [0, 0.05) is 31.1 Å². The molecule has 10 heteroatoms. The maximum atomic E-state index is 12.8. The van der Waals surface area contributed by atoms with Gasteiger partial charge in [-0.15, -0.1) is 11.3 Å². The number of nitrogens with zero attached hydrogens (tertiary/aromatic N) is 1. The van der Waals surface area contributed by atoms with E-state index in [4.69, 9.17) is 4.42 Å². The van der Waals surface area contributed by atoms with Crippen molar-refractivity contribution in [2.45, 2.75) is 24.0 Å². The minimum Gasteiger partial charge on any atom is -0.459 e. The number of sulfonamides is 1. The number of aryl methyl sites for hydroxylation is 1. The first-order valence-corrected chi connectivity index (χ1v) is 11.3. The Morgan fingerprint density at radius 3 is 2.71 bits per heavy atom. The van der Waals surface area contributed by atoms with Crippen LogP contribution in [0.25, 0.3) is 0 Å². The van der Waals surface area contributed by atoms with Crippen LogP contribution in [0.1, 0.15) is 28.3 Å². The van der Waals surface area contributed by atoms with Gasteiger partial charge < -0.3 is 15.1 Å². The third kappa shape index (κ3) is 4.81. The Morgan fingerprint density at radius 2 is 2.04 bits per heavy atom. The highest BCUT2D eigenvalue weighted by Crippen LogP contribution is 2.28. The zero-order valence-electron chi connectivity index (χ0n) is 15.5. The van der Waals surface area contributed by atoms with Crippen molar-refractivity contribution in [1.29, 1.82) is 0 Å². The van der Waals surface area contributed by atoms with Crippen molar-refractivity contribution in [1.82, 2.24) is 14.9 Å². The predicted octanol–water partition coefficient (Wildman–Crippen LogP) is 1.60. The Balaban J connectivity index is 1.48. The molecule has 0 saturated carbocycles. The van der Waals surface area contributed by atoms with Gasteiger partial charge in [-0.2, -0.15) is 4.31 Å². The number of hydrogen-bond donors (Lipinski definition) is 2. The molecule has 28 heavy (non-hydrogen) atoms. The summed E-state index contributed by atoms with van der Waals surface area (Å²) < 4.78 is 32.2. The topological polar surface area (TPSA) is 109 Å². The molecule has 3 heterocycles. The first kappa shape index (κ1) is 20.6. The summed E-state index contributed by atoms with van der Waals surface area (Å²) in [6, 6.07) is 6.57. The zero-order chi connectivity index (χ0) is 20.1. The molecule has 152 valence electrons. The maximum absolute atomic E-state index is 12.8. The molecule has 1 unspecified atom stereocenters. The van der Waals surface area contributed by atoms with Crippen LogP contribution in [0.5, 0.6) is 0 Å². The summed E-state index contributed by atoms with van der Waals surface area (Å²) in [5.74, 6) is -0.733. The molecular weight excluding hydrogens is 402 g/mol. The summed E-state index contributed by atoms with van der Waals surface area (Å²) in [7, 11) is -3.56. The van der Waals surface area contributed by atoms with Crippen LogP contribution in [0.2, 0.25) is 0 Å². The average molecular weight is 426 g/mol. The van der Waals surface area contributed by atoms with Crippen molar-refractivity contribution in [3.05, 3.63) is 41.2 Å². The Kier molecular flexibility index (Phi) is 6.53. The molecule has 2 amide bonds. The molecule has 3 rings (SSSR count). The number of piperidine rings is 1. The van der Waals surface area contributed by atoms with Crippen LogP contribution >= 0.6 is 11.3 Å². The lowest BCUT2D eigenvalue weighted by molar-refractivity contribution is -0.126. The van der Waals surface area contributed by atoms with E-state index in [1.54, 1.807) is 24.3 Å². The Bertz CT molecular complexity index is 921. The second-order valence-electron chi connectivity index (χ2n) is 6.59. The lowest BCUT2D eigenvalue weighted by atomic mass is 9.99. The van der Waals surface area contributed by atoms with Gasteiger partial charge in [0.1, 0.15) is 4.21 Å². The molecule has 2 N–H and O–H groups in total. The number of amides is 2. The number of carbonyl (C=O) groups is 2. The lowest BCUT2D eigenvalue weighted by Gasteiger charge is -2.30. The first-order valence-electron chi connectivity index (χ1n) is 9.04. The fourth-order valence-corrected chi connectivity index (χ4v) is 6.02. The van der Waals surface area contributed by atoms with Crippen molar-refractivity contribution >= 4 is 33.2 Å². The van der Waals surface area contributed by atoms with E-state index in [1.165, 1.54) is 21.9 Å². The highest BCUT2D eigenvalue weighted by molar-refractivity contribution is 7.91. The highest BCUT2D eigenvalue weighted by atomic mass is 32.2. The zero-order valence-corrected chi connectivity index (χ0v) is 17.1. The van der Waals surface area contributed by atoms with Gasteiger partial charge in [0.25, 0.3) is 15.9 Å². The smallest absolute Gasteiger partial charge is 0.287 e. The van der Waals surface area contributed by atoms with E-state index >= 15 is 0 Å². The molecule has 0 bridgehead atoms. The lowest BCUT2D eigenvalue weighted by Crippen LogP contribution is -2.46. The fraction of sp³-hybridized carbons (Fsp3) is 0.444. The largest absolute Gasteiger partial charge is 0.459 e. The minimum atomic E-state index is -3.56. The summed E-state index contributed by atoms with van der Waals surface area (Å²) >= 11 is 1.24. The SMILES string of the molecule is Cc1ccc(S(=O)(=O)N2CCCC(C(=O)NCCNC(=O)c3ccco3)C2)s1. The fourth-order valence-electron chi connectivity index (χ4n) is 3.05. The molecule has 1 saturated heterocycles. The minimum absolute atomic E-state index is 0.171. The van der Waals surface area contributed by atoms with Gasteiger partial charge in [-0.3, -0.25) is 9.59 Å². The molecule has 1 fully saturated rings. The number of hydrogen-bond acceptors (Lipinski definition) is 6. The predicted molar refractivity (Wildman–Crippen MR) is 105 cm³/mol. The molecular formula is C18H23N3O5S2. The van der Waals surface area contributed by atoms with Gasteiger partial charge in [-0.1, -0.05) is 0 Å². The second-order valence-corrected chi connectivity index (χ2v) is 10.0. The van der Waals surface area contributed by atoms with Gasteiger partial charge in [0.05, 0.1) is 12.2 Å². The van der Waals surface area contributed by atoms with E-state index < -0.39 is 15.9 Å². The van der Waals surface area contributed by atoms with Crippen molar-refractivity contribution in [2.24, 2.45) is 5.92 Å². The van der Waals surface area contributed by atoms with E-state index in [1.807, 2.05) is 6.92 Å². The normalized spacial score (nSPS) is 18.0. The standard InChI is InChI=1S/C18H23N3O5S2/c1-13-6-7-16(27-13)28(24,25)21-10-2-4-14(12-21)17(22)19-8-9-20-18(23)15-5-3-11-26-15/h3,5-7,11,14H,2,4,8-10,12H2,1H3,(H,19,22)(H,20,23). The van der Waals surface area contributed by atoms with Gasteiger partial charge >= 0.3 is 0 Å². The summed E-state index contributed by atoms with van der Waals surface area (Å²) in [6.07, 6.45) is 2.69. The summed E-state index contributed by atoms with van der Waals surface area (Å²) in [5, 5.41) is 5.41. The summed E-state index contributed by atoms with van der Waals surface area (Å²) in [4.78, 5) is 25.1. The van der Waals surface area contributed by atoms with E-state index in [0.29, 0.717) is 23.6 Å². The van der Waals surface area contributed by atoms with Crippen molar-refractivity contribution in [3.63, 3.8) is 0 Å². The maximum Gasteiger partial charge on any atom is 0.287 e. The number of carbonyl (C=O) groups excluding carboxylic acids is 2. The van der Waals surface area contributed by atoms with Gasteiger partial charge in [0.2, 0.25) is 5.91 Å². The van der Waals surface area contributed by atoms with Gasteiger partial charge in [-0.05, 0) is 44.0 Å². The van der Waals surface area contributed by atoms with Crippen LogP contribution in [0.3, 0.4) is 0 Å². The third-order valence-electron chi connectivity index (χ3n) is 4.52. The van der Waals surface area contributed by atoms with Crippen LogP contribution in [0.4, 0.5) is 0 Å². The third-order valence-corrected chi connectivity index (χ3v) is 7.85. The van der Waals surface area contributed by atoms with Gasteiger partial charge in [0.15, 0.2) is 5.76 Å². The first-order chi connectivity index (χ1) is 13.4. The van der Waals surface area contributed by atoms with Crippen LogP contribution in [-0.4, -0.2) is 50.7 Å². The average Bonchev–Trinajstić information content (AvgIpc) is 3.37. The number of rotatable bonds is 7. The Hall–Kier alpha value is -2.17. The molecule has 2 aromatic heterocycles. The van der Waals surface area contributed by atoms with E-state index in [9.17, 15) is 18.0 Å². The Morgan fingerprint density at radius 1 is 1.25 bits per heavy atom. The summed E-state index contributed by atoms with van der Waals surface area (Å²) in [6.45, 7) is 2.97. The molecule has 0 aromatic carbocycles. The number of thiophene rings is 1. The van der Waals surface area contributed by atoms with Crippen molar-refractivity contribution < 1.29 is 22.4 Å².